The van der Waals surface area contributed by atoms with Gasteiger partial charge < -0.3 is 14.6 Å². The molecule has 2 aromatic heterocycles. The number of hydrogen-bond donors (Lipinski definition) is 1. The zero-order chi connectivity index (χ0) is 16.5. The first-order valence-corrected chi connectivity index (χ1v) is 8.50. The van der Waals surface area contributed by atoms with E-state index < -0.39 is 0 Å². The number of aromatic amines is 1. The Morgan fingerprint density at radius 1 is 1.17 bits per heavy atom. The number of H-pyrrole nitrogens is 1. The average molecular weight is 322 g/mol. The van der Waals surface area contributed by atoms with Crippen molar-refractivity contribution in [3.8, 4) is 11.4 Å². The Kier molecular flexibility index (Phi) is 3.94. The van der Waals surface area contributed by atoms with Gasteiger partial charge in [0.1, 0.15) is 11.3 Å². The van der Waals surface area contributed by atoms with Crippen molar-refractivity contribution in [3.63, 3.8) is 0 Å². The Morgan fingerprint density at radius 3 is 2.79 bits per heavy atom. The molecule has 0 radical (unpaired) electrons. The molecule has 0 unspecified atom stereocenters. The normalized spacial score (nSPS) is 15.4. The number of pyridine rings is 1. The third-order valence-electron chi connectivity index (χ3n) is 4.52. The van der Waals surface area contributed by atoms with Crippen molar-refractivity contribution in [1.29, 1.82) is 0 Å². The van der Waals surface area contributed by atoms with Gasteiger partial charge in [0.25, 0.3) is 0 Å². The van der Waals surface area contributed by atoms with Crippen LogP contribution in [0.5, 0.6) is 0 Å². The summed E-state index contributed by atoms with van der Waals surface area (Å²) in [5, 5.41) is 0. The number of fused-ring (bicyclic) bond motifs is 1. The van der Waals surface area contributed by atoms with Gasteiger partial charge in [-0.1, -0.05) is 32.0 Å². The van der Waals surface area contributed by atoms with Crippen LogP contribution in [0.25, 0.3) is 22.4 Å². The number of ether oxygens (including phenoxy) is 1. The van der Waals surface area contributed by atoms with E-state index in [2.05, 4.69) is 53.0 Å². The maximum absolute atomic E-state index is 5.45. The highest BCUT2D eigenvalue weighted by atomic mass is 16.5. The molecule has 0 saturated carbocycles. The zero-order valence-electron chi connectivity index (χ0n) is 14.1. The molecule has 0 aliphatic carbocycles. The molecule has 3 heterocycles. The van der Waals surface area contributed by atoms with Gasteiger partial charge in [-0.3, -0.25) is 0 Å². The molecule has 5 nitrogen and oxygen atoms in total. The van der Waals surface area contributed by atoms with Gasteiger partial charge in [0.2, 0.25) is 0 Å². The van der Waals surface area contributed by atoms with Gasteiger partial charge in [-0.2, -0.15) is 0 Å². The number of morpholine rings is 1. The Hall–Kier alpha value is -2.40. The Labute approximate surface area is 141 Å². The second-order valence-electron chi connectivity index (χ2n) is 6.50. The van der Waals surface area contributed by atoms with E-state index in [-0.39, 0.29) is 0 Å². The minimum atomic E-state index is 0.500. The van der Waals surface area contributed by atoms with Crippen LogP contribution in [0.2, 0.25) is 0 Å². The summed E-state index contributed by atoms with van der Waals surface area (Å²) < 4.78 is 5.45. The van der Waals surface area contributed by atoms with Crippen molar-refractivity contribution in [2.75, 3.05) is 31.2 Å². The van der Waals surface area contributed by atoms with Crippen LogP contribution in [0.3, 0.4) is 0 Å². The molecule has 24 heavy (non-hydrogen) atoms. The maximum atomic E-state index is 5.45. The van der Waals surface area contributed by atoms with Crippen molar-refractivity contribution < 1.29 is 4.74 Å². The molecular weight excluding hydrogens is 300 g/mol. The summed E-state index contributed by atoms with van der Waals surface area (Å²) in [5.41, 5.74) is 4.39. The van der Waals surface area contributed by atoms with Crippen LogP contribution in [0.1, 0.15) is 25.3 Å². The van der Waals surface area contributed by atoms with E-state index in [0.29, 0.717) is 5.92 Å². The molecule has 1 aromatic carbocycles. The number of imidazole rings is 1. The van der Waals surface area contributed by atoms with E-state index in [9.17, 15) is 0 Å². The molecule has 124 valence electrons. The molecule has 1 fully saturated rings. The molecule has 0 bridgehead atoms. The third-order valence-corrected chi connectivity index (χ3v) is 4.52. The summed E-state index contributed by atoms with van der Waals surface area (Å²) in [4.78, 5) is 15.1. The first kappa shape index (κ1) is 15.1. The van der Waals surface area contributed by atoms with Crippen LogP contribution in [-0.2, 0) is 4.74 Å². The summed E-state index contributed by atoms with van der Waals surface area (Å²) in [7, 11) is 0. The van der Waals surface area contributed by atoms with Crippen LogP contribution in [0.15, 0.2) is 36.5 Å². The van der Waals surface area contributed by atoms with Gasteiger partial charge in [0.15, 0.2) is 5.82 Å². The van der Waals surface area contributed by atoms with E-state index >= 15 is 0 Å². The summed E-state index contributed by atoms with van der Waals surface area (Å²) in [6.45, 7) is 7.61. The molecule has 1 N–H and O–H groups in total. The molecule has 1 aliphatic heterocycles. The SMILES string of the molecule is CC(C)c1cccc(-c2nc3c(N4CCOCC4)nccc3[nH]2)c1. The van der Waals surface area contributed by atoms with Crippen molar-refractivity contribution in [2.24, 2.45) is 0 Å². The van der Waals surface area contributed by atoms with Crippen molar-refractivity contribution in [1.82, 2.24) is 15.0 Å². The summed E-state index contributed by atoms with van der Waals surface area (Å²) >= 11 is 0. The molecule has 3 aromatic rings. The molecule has 1 aliphatic rings. The average Bonchev–Trinajstić information content (AvgIpc) is 3.07. The summed E-state index contributed by atoms with van der Waals surface area (Å²) in [6.07, 6.45) is 1.85. The standard InChI is InChI=1S/C19H22N4O/c1-13(2)14-4-3-5-15(12-14)18-21-16-6-7-20-19(17(16)22-18)23-8-10-24-11-9-23/h3-7,12-13H,8-11H2,1-2H3,(H,21,22). The van der Waals surface area contributed by atoms with E-state index in [0.717, 1.165) is 54.5 Å². The first-order chi connectivity index (χ1) is 11.7. The molecule has 0 atom stereocenters. The number of hydrogen-bond acceptors (Lipinski definition) is 4. The van der Waals surface area contributed by atoms with E-state index in [1.54, 1.807) is 0 Å². The van der Waals surface area contributed by atoms with Crippen LogP contribution < -0.4 is 4.90 Å². The van der Waals surface area contributed by atoms with Crippen LogP contribution in [0.4, 0.5) is 5.82 Å². The van der Waals surface area contributed by atoms with Crippen LogP contribution in [-0.4, -0.2) is 41.3 Å². The van der Waals surface area contributed by atoms with Crippen LogP contribution in [0, 0.1) is 0 Å². The van der Waals surface area contributed by atoms with Crippen molar-refractivity contribution in [2.45, 2.75) is 19.8 Å². The van der Waals surface area contributed by atoms with Gasteiger partial charge >= 0.3 is 0 Å². The highest BCUT2D eigenvalue weighted by Crippen LogP contribution is 2.28. The third kappa shape index (κ3) is 2.76. The monoisotopic (exact) mass is 322 g/mol. The fourth-order valence-corrected chi connectivity index (χ4v) is 3.11. The Bertz CT molecular complexity index is 849. The number of anilines is 1. The Morgan fingerprint density at radius 2 is 2.00 bits per heavy atom. The molecule has 5 heteroatoms. The predicted molar refractivity (Wildman–Crippen MR) is 96.4 cm³/mol. The predicted octanol–water partition coefficient (Wildman–Crippen LogP) is 3.58. The maximum Gasteiger partial charge on any atom is 0.156 e. The highest BCUT2D eigenvalue weighted by Gasteiger charge is 2.18. The first-order valence-electron chi connectivity index (χ1n) is 8.50. The lowest BCUT2D eigenvalue weighted by molar-refractivity contribution is 0.122. The quantitative estimate of drug-likeness (QED) is 0.801. The lowest BCUT2D eigenvalue weighted by Crippen LogP contribution is -2.36. The van der Waals surface area contributed by atoms with E-state index in [1.807, 2.05) is 12.3 Å². The highest BCUT2D eigenvalue weighted by molar-refractivity contribution is 5.88. The largest absolute Gasteiger partial charge is 0.378 e. The van der Waals surface area contributed by atoms with Gasteiger partial charge in [-0.05, 0) is 23.6 Å². The number of nitrogens with zero attached hydrogens (tertiary/aromatic N) is 3. The van der Waals surface area contributed by atoms with Crippen molar-refractivity contribution in [3.05, 3.63) is 42.1 Å². The lowest BCUT2D eigenvalue weighted by Gasteiger charge is -2.27. The van der Waals surface area contributed by atoms with Crippen molar-refractivity contribution >= 4 is 16.9 Å². The number of aromatic nitrogens is 3. The van der Waals surface area contributed by atoms with Gasteiger partial charge in [0.05, 0.1) is 18.7 Å². The zero-order valence-corrected chi connectivity index (χ0v) is 14.1. The number of benzene rings is 1. The molecule has 0 spiro atoms. The molecular formula is C19H22N4O. The fourth-order valence-electron chi connectivity index (χ4n) is 3.11. The topological polar surface area (TPSA) is 54.0 Å². The number of rotatable bonds is 3. The lowest BCUT2D eigenvalue weighted by atomic mass is 10.0. The molecule has 4 rings (SSSR count). The number of nitrogens with one attached hydrogen (secondary N) is 1. The minimum Gasteiger partial charge on any atom is -0.378 e. The van der Waals surface area contributed by atoms with Crippen LogP contribution >= 0.6 is 0 Å². The minimum absolute atomic E-state index is 0.500. The van der Waals surface area contributed by atoms with Gasteiger partial charge in [0, 0.05) is 24.8 Å². The smallest absolute Gasteiger partial charge is 0.156 e. The summed E-state index contributed by atoms with van der Waals surface area (Å²) in [6, 6.07) is 10.6. The summed E-state index contributed by atoms with van der Waals surface area (Å²) in [5.74, 6) is 2.34. The van der Waals surface area contributed by atoms with Gasteiger partial charge in [-0.25, -0.2) is 9.97 Å². The second kappa shape index (κ2) is 6.24. The Balaban J connectivity index is 1.77. The molecule has 0 amide bonds. The van der Waals surface area contributed by atoms with Gasteiger partial charge in [-0.15, -0.1) is 0 Å². The van der Waals surface area contributed by atoms with E-state index in [4.69, 9.17) is 9.72 Å². The molecule has 1 saturated heterocycles. The second-order valence-corrected chi connectivity index (χ2v) is 6.50. The van der Waals surface area contributed by atoms with E-state index in [1.165, 1.54) is 5.56 Å². The fraction of sp³-hybridized carbons (Fsp3) is 0.368.